The lowest BCUT2D eigenvalue weighted by atomic mass is 10.2. The monoisotopic (exact) mass is 389 g/mol. The lowest BCUT2D eigenvalue weighted by molar-refractivity contribution is 0.0955. The Labute approximate surface area is 148 Å². The molecule has 1 aliphatic rings. The second-order valence-electron chi connectivity index (χ2n) is 5.28. The molecule has 1 fully saturated rings. The summed E-state index contributed by atoms with van der Waals surface area (Å²) in [6, 6.07) is 8.08. The summed E-state index contributed by atoms with van der Waals surface area (Å²) in [5.74, 6) is -0.321. The van der Waals surface area contributed by atoms with E-state index in [1.807, 2.05) is 0 Å². The van der Waals surface area contributed by atoms with Gasteiger partial charge in [-0.3, -0.25) is 4.79 Å². The number of nitrogens with one attached hydrogen (secondary N) is 1. The summed E-state index contributed by atoms with van der Waals surface area (Å²) in [5.41, 5.74) is 0.742. The van der Waals surface area contributed by atoms with E-state index < -0.39 is 9.84 Å². The first-order valence-electron chi connectivity index (χ1n) is 6.94. The van der Waals surface area contributed by atoms with Crippen LogP contribution in [0.15, 0.2) is 34.5 Å². The van der Waals surface area contributed by atoms with Crippen molar-refractivity contribution in [2.75, 3.05) is 0 Å². The van der Waals surface area contributed by atoms with Crippen LogP contribution in [-0.4, -0.2) is 19.6 Å². The van der Waals surface area contributed by atoms with Gasteiger partial charge >= 0.3 is 0 Å². The van der Waals surface area contributed by atoms with Crippen molar-refractivity contribution in [1.29, 1.82) is 0 Å². The number of benzene rings is 1. The van der Waals surface area contributed by atoms with Crippen LogP contribution in [-0.2, 0) is 16.4 Å². The second-order valence-corrected chi connectivity index (χ2v) is 9.66. The van der Waals surface area contributed by atoms with Crippen molar-refractivity contribution in [1.82, 2.24) is 5.32 Å². The van der Waals surface area contributed by atoms with Gasteiger partial charge in [-0.1, -0.05) is 29.3 Å². The van der Waals surface area contributed by atoms with Crippen LogP contribution < -0.4 is 5.32 Å². The summed E-state index contributed by atoms with van der Waals surface area (Å²) >= 11 is 12.9. The molecule has 0 spiro atoms. The normalized spacial score (nSPS) is 14.7. The number of halogens is 2. The van der Waals surface area contributed by atoms with Crippen LogP contribution in [0.2, 0.25) is 10.0 Å². The average Bonchev–Trinajstić information content (AvgIpc) is 3.24. The van der Waals surface area contributed by atoms with Gasteiger partial charge in [-0.2, -0.15) is 0 Å². The molecule has 1 N–H and O–H groups in total. The molecule has 3 rings (SSSR count). The van der Waals surface area contributed by atoms with E-state index >= 15 is 0 Å². The smallest absolute Gasteiger partial charge is 0.261 e. The molecule has 0 saturated heterocycles. The molecule has 4 nitrogen and oxygen atoms in total. The van der Waals surface area contributed by atoms with Crippen LogP contribution in [0.1, 0.15) is 28.1 Å². The zero-order valence-electron chi connectivity index (χ0n) is 11.9. The van der Waals surface area contributed by atoms with Gasteiger partial charge in [-0.05, 0) is 42.7 Å². The average molecular weight is 390 g/mol. The Morgan fingerprint density at radius 3 is 2.61 bits per heavy atom. The van der Waals surface area contributed by atoms with Gasteiger partial charge < -0.3 is 5.32 Å². The molecule has 1 aromatic carbocycles. The van der Waals surface area contributed by atoms with Crippen molar-refractivity contribution < 1.29 is 13.2 Å². The van der Waals surface area contributed by atoms with Crippen LogP contribution in [0.4, 0.5) is 0 Å². The Balaban J connectivity index is 1.68. The minimum absolute atomic E-state index is 0.247. The number of hydrogen-bond acceptors (Lipinski definition) is 4. The Bertz CT molecular complexity index is 857. The summed E-state index contributed by atoms with van der Waals surface area (Å²) in [5, 5.41) is 3.46. The Morgan fingerprint density at radius 2 is 1.96 bits per heavy atom. The lowest BCUT2D eigenvalue weighted by Gasteiger charge is -2.06. The van der Waals surface area contributed by atoms with Gasteiger partial charge in [0, 0.05) is 16.6 Å². The van der Waals surface area contributed by atoms with Crippen LogP contribution in [0.3, 0.4) is 0 Å². The summed E-state index contributed by atoms with van der Waals surface area (Å²) in [4.78, 5) is 12.5. The van der Waals surface area contributed by atoms with Crippen molar-refractivity contribution in [3.05, 3.63) is 50.8 Å². The first kappa shape index (κ1) is 16.8. The molecule has 1 aliphatic carbocycles. The van der Waals surface area contributed by atoms with Gasteiger partial charge in [0.2, 0.25) is 0 Å². The fourth-order valence-electron chi connectivity index (χ4n) is 2.07. The third kappa shape index (κ3) is 3.71. The highest BCUT2D eigenvalue weighted by atomic mass is 35.5. The topological polar surface area (TPSA) is 63.2 Å². The van der Waals surface area contributed by atoms with Gasteiger partial charge in [-0.25, -0.2) is 8.42 Å². The Morgan fingerprint density at radius 1 is 1.22 bits per heavy atom. The highest BCUT2D eigenvalue weighted by Crippen LogP contribution is 2.36. The zero-order valence-corrected chi connectivity index (χ0v) is 15.0. The molecule has 0 aliphatic heterocycles. The lowest BCUT2D eigenvalue weighted by Crippen LogP contribution is -2.21. The maximum Gasteiger partial charge on any atom is 0.261 e. The van der Waals surface area contributed by atoms with Crippen molar-refractivity contribution in [2.45, 2.75) is 28.8 Å². The van der Waals surface area contributed by atoms with Crippen LogP contribution in [0.5, 0.6) is 0 Å². The number of thiophene rings is 1. The van der Waals surface area contributed by atoms with E-state index in [1.54, 1.807) is 24.3 Å². The van der Waals surface area contributed by atoms with Crippen LogP contribution >= 0.6 is 34.5 Å². The van der Waals surface area contributed by atoms with E-state index in [0.29, 0.717) is 27.8 Å². The summed E-state index contributed by atoms with van der Waals surface area (Å²) < 4.78 is 24.5. The van der Waals surface area contributed by atoms with Gasteiger partial charge in [0.05, 0.1) is 10.1 Å². The molecule has 0 unspecified atom stereocenters. The molecule has 8 heteroatoms. The molecule has 122 valence electrons. The van der Waals surface area contributed by atoms with Gasteiger partial charge in [0.25, 0.3) is 5.91 Å². The summed E-state index contributed by atoms with van der Waals surface area (Å²) in [7, 11) is -3.25. The third-order valence-electron chi connectivity index (χ3n) is 3.50. The molecule has 0 atom stereocenters. The number of hydrogen-bond donors (Lipinski definition) is 1. The number of carbonyl (C=O) groups is 1. The van der Waals surface area contributed by atoms with E-state index in [-0.39, 0.29) is 21.9 Å². The van der Waals surface area contributed by atoms with Crippen molar-refractivity contribution >= 4 is 50.3 Å². The molecule has 23 heavy (non-hydrogen) atoms. The van der Waals surface area contributed by atoms with Gasteiger partial charge in [-0.15, -0.1) is 11.3 Å². The van der Waals surface area contributed by atoms with E-state index in [0.717, 1.165) is 16.9 Å². The first-order chi connectivity index (χ1) is 10.9. The molecule has 1 saturated carbocycles. The second kappa shape index (κ2) is 6.43. The molecule has 1 aromatic heterocycles. The van der Waals surface area contributed by atoms with Crippen LogP contribution in [0, 0.1) is 0 Å². The first-order valence-corrected chi connectivity index (χ1v) is 10.1. The maximum atomic E-state index is 12.2. The van der Waals surface area contributed by atoms with E-state index in [2.05, 4.69) is 5.32 Å². The molecular weight excluding hydrogens is 377 g/mol. The number of rotatable bonds is 5. The maximum absolute atomic E-state index is 12.2. The van der Waals surface area contributed by atoms with Crippen LogP contribution in [0.25, 0.3) is 0 Å². The SMILES string of the molecule is O=C(NCc1ccc(Cl)cc1Cl)c1ccc(S(=O)(=O)C2CC2)s1. The number of amides is 1. The highest BCUT2D eigenvalue weighted by Gasteiger charge is 2.38. The van der Waals surface area contributed by atoms with E-state index in [4.69, 9.17) is 23.2 Å². The highest BCUT2D eigenvalue weighted by molar-refractivity contribution is 7.94. The fraction of sp³-hybridized carbons (Fsp3) is 0.267. The molecule has 0 bridgehead atoms. The van der Waals surface area contributed by atoms with E-state index in [1.165, 1.54) is 6.07 Å². The predicted octanol–water partition coefficient (Wildman–Crippen LogP) is 3.92. The summed E-state index contributed by atoms with van der Waals surface area (Å²) in [6.45, 7) is 0.247. The van der Waals surface area contributed by atoms with Gasteiger partial charge in [0.1, 0.15) is 4.21 Å². The Hall–Kier alpha value is -1.08. The quantitative estimate of drug-likeness (QED) is 0.842. The minimum atomic E-state index is -3.25. The van der Waals surface area contributed by atoms with Crippen molar-refractivity contribution in [2.24, 2.45) is 0 Å². The Kier molecular flexibility index (Phi) is 4.69. The minimum Gasteiger partial charge on any atom is -0.347 e. The number of carbonyl (C=O) groups excluding carboxylic acids is 1. The largest absolute Gasteiger partial charge is 0.347 e. The predicted molar refractivity (Wildman–Crippen MR) is 92.2 cm³/mol. The third-order valence-corrected chi connectivity index (χ3v) is 7.96. The van der Waals surface area contributed by atoms with Crippen molar-refractivity contribution in [3.8, 4) is 0 Å². The molecule has 2 aromatic rings. The molecule has 1 amide bonds. The zero-order chi connectivity index (χ0) is 16.6. The van der Waals surface area contributed by atoms with Gasteiger partial charge in [0.15, 0.2) is 9.84 Å². The standard InChI is InChI=1S/C15H13Cl2NO3S2/c16-10-2-1-9(12(17)7-10)8-18-15(19)13-5-6-14(22-13)23(20,21)11-3-4-11/h1-2,5-7,11H,3-4,8H2,(H,18,19). The van der Waals surface area contributed by atoms with Crippen molar-refractivity contribution in [3.63, 3.8) is 0 Å². The summed E-state index contributed by atoms with van der Waals surface area (Å²) in [6.07, 6.45) is 1.41. The molecule has 1 heterocycles. The molecular formula is C15H13Cl2NO3S2. The number of sulfone groups is 1. The molecule has 0 radical (unpaired) electrons. The van der Waals surface area contributed by atoms with E-state index in [9.17, 15) is 13.2 Å². The fourth-order valence-corrected chi connectivity index (χ4v) is 5.68.